The van der Waals surface area contributed by atoms with Gasteiger partial charge in [-0.25, -0.2) is 0 Å². The molecule has 0 aromatic carbocycles. The van der Waals surface area contributed by atoms with Gasteiger partial charge in [0.1, 0.15) is 0 Å². The zero-order valence-electron chi connectivity index (χ0n) is 26.5. The second kappa shape index (κ2) is 24.4. The van der Waals surface area contributed by atoms with Gasteiger partial charge >= 0.3 is 0 Å². The fourth-order valence-corrected chi connectivity index (χ4v) is 10.8. The van der Waals surface area contributed by atoms with Gasteiger partial charge in [-0.1, -0.05) is 175 Å². The van der Waals surface area contributed by atoms with Crippen LogP contribution in [0.1, 0.15) is 183 Å². The summed E-state index contributed by atoms with van der Waals surface area (Å²) in [6, 6.07) is 0. The third kappa shape index (κ3) is 23.1. The molecule has 1 rings (SSSR count). The predicted molar refractivity (Wildman–Crippen MR) is 188 cm³/mol. The Morgan fingerprint density at radius 3 is 1.05 bits per heavy atom. The van der Waals surface area contributed by atoms with E-state index in [0.29, 0.717) is 0 Å². The average molecular weight is 635 g/mol. The zero-order chi connectivity index (χ0) is 28.7. The molecular weight excluding hydrogens is 573 g/mol. The molecule has 0 aliphatic rings. The van der Waals surface area contributed by atoms with Crippen molar-refractivity contribution in [3.63, 3.8) is 0 Å². The molecule has 0 amide bonds. The van der Waals surface area contributed by atoms with E-state index in [2.05, 4.69) is 51.7 Å². The molecule has 0 unspecified atom stereocenters. The first kappa shape index (κ1) is 38.0. The molecule has 230 valence electrons. The Labute approximate surface area is 264 Å². The van der Waals surface area contributed by atoms with E-state index in [4.69, 9.17) is 0 Å². The SMILES string of the molecule is CCCCCCCCCCCCC(C)(C)SSc1nnc(SSC(C)(C)CCCCCCCCCCCC)s1. The van der Waals surface area contributed by atoms with Gasteiger partial charge in [0.25, 0.3) is 0 Å². The molecule has 7 heteroatoms. The number of rotatable bonds is 28. The van der Waals surface area contributed by atoms with Gasteiger partial charge in [0, 0.05) is 9.49 Å². The van der Waals surface area contributed by atoms with Crippen molar-refractivity contribution in [1.82, 2.24) is 10.2 Å². The summed E-state index contributed by atoms with van der Waals surface area (Å²) in [7, 11) is 7.62. The van der Waals surface area contributed by atoms with Gasteiger partial charge in [0.05, 0.1) is 0 Å². The summed E-state index contributed by atoms with van der Waals surface area (Å²) in [5.41, 5.74) is 0. The number of hydrogen-bond acceptors (Lipinski definition) is 7. The van der Waals surface area contributed by atoms with Crippen molar-refractivity contribution in [3.8, 4) is 0 Å². The monoisotopic (exact) mass is 634 g/mol. The second-order valence-corrected chi connectivity index (χ2v) is 19.7. The van der Waals surface area contributed by atoms with Crippen LogP contribution in [0, 0.1) is 0 Å². The first-order valence-electron chi connectivity index (χ1n) is 16.3. The molecule has 0 saturated carbocycles. The normalized spacial score (nSPS) is 12.5. The highest BCUT2D eigenvalue weighted by atomic mass is 33.1. The Hall–Kier alpha value is 0.960. The van der Waals surface area contributed by atoms with Crippen molar-refractivity contribution in [2.45, 2.75) is 201 Å². The number of nitrogens with zero attached hydrogens (tertiary/aromatic N) is 2. The lowest BCUT2D eigenvalue weighted by molar-refractivity contribution is 0.527. The third-order valence-electron chi connectivity index (χ3n) is 7.33. The van der Waals surface area contributed by atoms with E-state index in [1.807, 2.05) is 43.2 Å². The molecule has 0 saturated heterocycles. The molecule has 1 aromatic heterocycles. The maximum absolute atomic E-state index is 4.48. The Morgan fingerprint density at radius 1 is 0.462 bits per heavy atom. The Morgan fingerprint density at radius 2 is 0.744 bits per heavy atom. The molecule has 0 aliphatic heterocycles. The maximum atomic E-state index is 4.48. The molecule has 0 spiro atoms. The zero-order valence-corrected chi connectivity index (χ0v) is 30.6. The number of unbranched alkanes of at least 4 members (excludes halogenated alkanes) is 18. The first-order valence-corrected chi connectivity index (χ1v) is 21.4. The number of aromatic nitrogens is 2. The molecule has 1 aromatic rings. The summed E-state index contributed by atoms with van der Waals surface area (Å²) in [5, 5.41) is 8.96. The molecule has 0 radical (unpaired) electrons. The summed E-state index contributed by atoms with van der Waals surface area (Å²) in [5.74, 6) is 0. The van der Waals surface area contributed by atoms with Crippen LogP contribution >= 0.6 is 54.5 Å². The molecule has 0 atom stereocenters. The Kier molecular flexibility index (Phi) is 23.8. The molecule has 2 nitrogen and oxygen atoms in total. The smallest absolute Gasteiger partial charge is 0.130 e. The summed E-state index contributed by atoms with van der Waals surface area (Å²) >= 11 is 1.76. The molecule has 0 aliphatic carbocycles. The lowest BCUT2D eigenvalue weighted by Gasteiger charge is -2.22. The van der Waals surface area contributed by atoms with E-state index < -0.39 is 0 Å². The van der Waals surface area contributed by atoms with Crippen molar-refractivity contribution < 1.29 is 0 Å². The number of hydrogen-bond donors (Lipinski definition) is 0. The molecule has 0 fully saturated rings. The van der Waals surface area contributed by atoms with Gasteiger partial charge in [-0.05, 0) is 62.1 Å². The van der Waals surface area contributed by atoms with Crippen LogP contribution in [-0.2, 0) is 0 Å². The quantitative estimate of drug-likeness (QED) is 0.0672. The van der Waals surface area contributed by atoms with Crippen LogP contribution in [0.15, 0.2) is 8.68 Å². The van der Waals surface area contributed by atoms with Crippen LogP contribution in [0.5, 0.6) is 0 Å². The predicted octanol–water partition coefficient (Wildman–Crippen LogP) is 14.2. The summed E-state index contributed by atoms with van der Waals surface area (Å²) in [6.45, 7) is 14.2. The summed E-state index contributed by atoms with van der Waals surface area (Å²) < 4.78 is 2.78. The van der Waals surface area contributed by atoms with Crippen LogP contribution < -0.4 is 0 Å². The summed E-state index contributed by atoms with van der Waals surface area (Å²) in [6.07, 6.45) is 30.7. The van der Waals surface area contributed by atoms with Crippen molar-refractivity contribution in [1.29, 1.82) is 0 Å². The lowest BCUT2D eigenvalue weighted by Crippen LogP contribution is -2.12. The van der Waals surface area contributed by atoms with Gasteiger partial charge < -0.3 is 0 Å². The molecule has 39 heavy (non-hydrogen) atoms. The maximum Gasteiger partial charge on any atom is 0.185 e. The Bertz CT molecular complexity index is 623. The van der Waals surface area contributed by atoms with Crippen molar-refractivity contribution in [3.05, 3.63) is 0 Å². The average Bonchev–Trinajstić information content (AvgIpc) is 3.37. The molecule has 1 heterocycles. The van der Waals surface area contributed by atoms with Gasteiger partial charge in [-0.2, -0.15) is 0 Å². The second-order valence-electron chi connectivity index (χ2n) is 12.6. The lowest BCUT2D eigenvalue weighted by atomic mass is 10.0. The van der Waals surface area contributed by atoms with Gasteiger partial charge in [0.2, 0.25) is 0 Å². The largest absolute Gasteiger partial charge is 0.185 e. The molecule has 0 N–H and O–H groups in total. The highest BCUT2D eigenvalue weighted by molar-refractivity contribution is 8.78. The van der Waals surface area contributed by atoms with Crippen LogP contribution in [0.25, 0.3) is 0 Å². The minimum Gasteiger partial charge on any atom is -0.130 e. The van der Waals surface area contributed by atoms with Gasteiger partial charge in [-0.3, -0.25) is 0 Å². The van der Waals surface area contributed by atoms with E-state index >= 15 is 0 Å². The Balaban J connectivity index is 2.10. The van der Waals surface area contributed by atoms with Crippen molar-refractivity contribution in [2.75, 3.05) is 0 Å². The van der Waals surface area contributed by atoms with E-state index in [9.17, 15) is 0 Å². The van der Waals surface area contributed by atoms with Gasteiger partial charge in [-0.15, -0.1) is 10.2 Å². The van der Waals surface area contributed by atoms with Crippen LogP contribution in [0.4, 0.5) is 0 Å². The van der Waals surface area contributed by atoms with Crippen LogP contribution in [0.3, 0.4) is 0 Å². The molecular formula is C32H62N2S5. The van der Waals surface area contributed by atoms with Crippen LogP contribution in [0.2, 0.25) is 0 Å². The summed E-state index contributed by atoms with van der Waals surface area (Å²) in [4.78, 5) is 0. The highest BCUT2D eigenvalue weighted by Crippen LogP contribution is 2.48. The van der Waals surface area contributed by atoms with E-state index in [-0.39, 0.29) is 9.49 Å². The fourth-order valence-electron chi connectivity index (χ4n) is 4.72. The van der Waals surface area contributed by atoms with E-state index in [1.165, 1.54) is 141 Å². The van der Waals surface area contributed by atoms with Crippen molar-refractivity contribution in [2.24, 2.45) is 0 Å². The highest BCUT2D eigenvalue weighted by Gasteiger charge is 2.22. The standard InChI is InChI=1S/C32H62N2S5/c1-7-9-11-13-15-17-19-21-23-25-27-31(3,4)38-36-29-33-34-30(35-29)37-39-32(5,6)28-26-24-22-20-18-16-14-12-10-8-2/h7-28H2,1-6H3. The first-order chi connectivity index (χ1) is 18.8. The minimum atomic E-state index is 0.287. The topological polar surface area (TPSA) is 25.8 Å². The molecule has 0 bridgehead atoms. The van der Waals surface area contributed by atoms with Gasteiger partial charge in [0.15, 0.2) is 8.68 Å². The van der Waals surface area contributed by atoms with Crippen LogP contribution in [-0.4, -0.2) is 19.7 Å². The van der Waals surface area contributed by atoms with E-state index in [1.54, 1.807) is 11.3 Å². The van der Waals surface area contributed by atoms with E-state index in [0.717, 1.165) is 8.68 Å². The fraction of sp³-hybridized carbons (Fsp3) is 0.938. The third-order valence-corrected chi connectivity index (χ3v) is 15.6. The van der Waals surface area contributed by atoms with Crippen molar-refractivity contribution >= 4 is 54.5 Å². The minimum absolute atomic E-state index is 0.287.